The van der Waals surface area contributed by atoms with Crippen LogP contribution in [-0.4, -0.2) is 30.6 Å². The number of rotatable bonds is 6. The zero-order valence-corrected chi connectivity index (χ0v) is 15.1. The summed E-state index contributed by atoms with van der Waals surface area (Å²) in [7, 11) is 4.58. The molecule has 0 radical (unpaired) electrons. The number of carbonyl (C=O) groups is 1. The molecule has 0 aliphatic heterocycles. The second-order valence-corrected chi connectivity index (χ2v) is 6.52. The number of aromatic amines is 1. The maximum Gasteiger partial charge on any atom is 0.441 e. The Kier molecular flexibility index (Phi) is 5.79. The zero-order valence-electron chi connectivity index (χ0n) is 13.5. The summed E-state index contributed by atoms with van der Waals surface area (Å²) >= 11 is 7.15. The second kappa shape index (κ2) is 7.63. The fraction of sp³-hybridized carbons (Fsp3) is 0.357. The van der Waals surface area contributed by atoms with E-state index in [1.165, 1.54) is 18.9 Å². The molecule has 0 bridgehead atoms. The topological polar surface area (TPSA) is 97.4 Å². The molecular formula is C14H17ClN3O5S+. The predicted octanol–water partition coefficient (Wildman–Crippen LogP) is 1.58. The van der Waals surface area contributed by atoms with Crippen molar-refractivity contribution in [3.8, 4) is 11.5 Å². The Morgan fingerprint density at radius 1 is 1.38 bits per heavy atom. The minimum Gasteiger partial charge on any atom is -0.495 e. The molecule has 2 aromatic rings. The molecule has 130 valence electrons. The monoisotopic (exact) mass is 374 g/mol. The number of aromatic nitrogens is 2. The van der Waals surface area contributed by atoms with E-state index < -0.39 is 10.9 Å². The highest BCUT2D eigenvalue weighted by atomic mass is 35.5. The first-order valence-electron chi connectivity index (χ1n) is 6.84. The third-order valence-corrected chi connectivity index (χ3v) is 4.67. The number of amides is 1. The van der Waals surface area contributed by atoms with Gasteiger partial charge in [-0.3, -0.25) is 9.32 Å². The Labute approximate surface area is 147 Å². The molecule has 1 aromatic carbocycles. The molecule has 10 heteroatoms. The van der Waals surface area contributed by atoms with Crippen molar-refractivity contribution in [1.82, 2.24) is 5.27 Å². The van der Waals surface area contributed by atoms with Gasteiger partial charge in [-0.15, -0.1) is 0 Å². The highest BCUT2D eigenvalue weighted by molar-refractivity contribution is 8.00. The van der Waals surface area contributed by atoms with Crippen molar-refractivity contribution in [2.45, 2.75) is 17.2 Å². The molecule has 1 amide bonds. The van der Waals surface area contributed by atoms with Gasteiger partial charge in [0.25, 0.3) is 0 Å². The van der Waals surface area contributed by atoms with Crippen LogP contribution < -0.4 is 25.1 Å². The van der Waals surface area contributed by atoms with Crippen LogP contribution in [0, 0.1) is 0 Å². The number of carbonyl (C=O) groups excluding carboxylic acids is 1. The number of anilines is 1. The van der Waals surface area contributed by atoms with E-state index in [1.807, 2.05) is 0 Å². The molecular weight excluding hydrogens is 358 g/mol. The molecule has 24 heavy (non-hydrogen) atoms. The van der Waals surface area contributed by atoms with Gasteiger partial charge in [-0.05, 0) is 30.0 Å². The van der Waals surface area contributed by atoms with Crippen LogP contribution in [0.25, 0.3) is 0 Å². The standard InChI is InChI=1S/C14H16ClN3O5S/c1-7(24-13-14(20)23-17-18(13)2)12(19)16-9-5-8(15)10(21-3)6-11(9)22-4/h5-7H,1-4H3,(H-,16,17,19,20)/p+1. The van der Waals surface area contributed by atoms with Crippen LogP contribution in [-0.2, 0) is 11.8 Å². The van der Waals surface area contributed by atoms with Gasteiger partial charge in [0.2, 0.25) is 5.91 Å². The first-order chi connectivity index (χ1) is 11.4. The van der Waals surface area contributed by atoms with Crippen LogP contribution in [0.2, 0.25) is 5.02 Å². The summed E-state index contributed by atoms with van der Waals surface area (Å²) in [5, 5.41) is 5.20. The normalized spacial score (nSPS) is 11.9. The van der Waals surface area contributed by atoms with Crippen molar-refractivity contribution in [2.75, 3.05) is 19.5 Å². The highest BCUT2D eigenvalue weighted by Crippen LogP contribution is 2.36. The summed E-state index contributed by atoms with van der Waals surface area (Å²) in [6.45, 7) is 1.67. The van der Waals surface area contributed by atoms with Gasteiger partial charge >= 0.3 is 10.7 Å². The number of methoxy groups -OCH3 is 2. The van der Waals surface area contributed by atoms with Crippen LogP contribution in [0.5, 0.6) is 11.5 Å². The van der Waals surface area contributed by atoms with Gasteiger partial charge in [0.1, 0.15) is 11.5 Å². The van der Waals surface area contributed by atoms with Crippen molar-refractivity contribution in [3.05, 3.63) is 27.6 Å². The number of aryl methyl sites for hydroxylation is 1. The molecule has 2 rings (SSSR count). The first-order valence-corrected chi connectivity index (χ1v) is 8.09. The Bertz CT molecular complexity index is 804. The fourth-order valence-corrected chi connectivity index (χ4v) is 2.95. The van der Waals surface area contributed by atoms with Crippen molar-refractivity contribution < 1.29 is 23.5 Å². The molecule has 0 saturated carbocycles. The summed E-state index contributed by atoms with van der Waals surface area (Å²) in [5.41, 5.74) is -0.126. The average Bonchev–Trinajstić information content (AvgIpc) is 2.87. The summed E-state index contributed by atoms with van der Waals surface area (Å²) in [5.74, 6) is 0.527. The van der Waals surface area contributed by atoms with Crippen molar-refractivity contribution in [3.63, 3.8) is 0 Å². The first kappa shape index (κ1) is 18.2. The van der Waals surface area contributed by atoms with E-state index in [1.54, 1.807) is 26.1 Å². The predicted molar refractivity (Wildman–Crippen MR) is 89.0 cm³/mol. The molecule has 0 fully saturated rings. The van der Waals surface area contributed by atoms with E-state index in [0.29, 0.717) is 22.2 Å². The number of hydrogen-bond donors (Lipinski definition) is 2. The lowest BCUT2D eigenvalue weighted by atomic mass is 10.2. The van der Waals surface area contributed by atoms with E-state index >= 15 is 0 Å². The van der Waals surface area contributed by atoms with Gasteiger partial charge in [-0.1, -0.05) is 16.3 Å². The summed E-state index contributed by atoms with van der Waals surface area (Å²) in [6.07, 6.45) is 0. The van der Waals surface area contributed by atoms with E-state index in [9.17, 15) is 9.59 Å². The van der Waals surface area contributed by atoms with Crippen LogP contribution in [0.3, 0.4) is 0 Å². The Morgan fingerprint density at radius 3 is 2.58 bits per heavy atom. The second-order valence-electron chi connectivity index (χ2n) is 4.78. The van der Waals surface area contributed by atoms with E-state index in [-0.39, 0.29) is 10.9 Å². The Hall–Kier alpha value is -2.13. The number of benzene rings is 1. The highest BCUT2D eigenvalue weighted by Gasteiger charge is 2.26. The molecule has 0 saturated heterocycles. The lowest BCUT2D eigenvalue weighted by Crippen LogP contribution is -2.35. The molecule has 1 heterocycles. The Balaban J connectivity index is 2.17. The van der Waals surface area contributed by atoms with E-state index in [0.717, 1.165) is 11.8 Å². The lowest BCUT2D eigenvalue weighted by molar-refractivity contribution is -0.772. The smallest absolute Gasteiger partial charge is 0.441 e. The van der Waals surface area contributed by atoms with Crippen molar-refractivity contribution in [1.29, 1.82) is 0 Å². The van der Waals surface area contributed by atoms with Gasteiger partial charge in [0, 0.05) is 6.07 Å². The van der Waals surface area contributed by atoms with Crippen LogP contribution in [0.15, 0.2) is 26.5 Å². The molecule has 0 aliphatic rings. The van der Waals surface area contributed by atoms with Gasteiger partial charge in [-0.2, -0.15) is 0 Å². The molecule has 1 unspecified atom stereocenters. The zero-order chi connectivity index (χ0) is 17.9. The van der Waals surface area contributed by atoms with Crippen molar-refractivity contribution in [2.24, 2.45) is 7.05 Å². The molecule has 0 spiro atoms. The molecule has 2 N–H and O–H groups in total. The van der Waals surface area contributed by atoms with Crippen LogP contribution in [0.1, 0.15) is 6.92 Å². The number of ether oxygens (including phenoxy) is 2. The van der Waals surface area contributed by atoms with Crippen LogP contribution >= 0.6 is 23.4 Å². The largest absolute Gasteiger partial charge is 0.495 e. The van der Waals surface area contributed by atoms with Gasteiger partial charge in [0.15, 0.2) is 7.05 Å². The lowest BCUT2D eigenvalue weighted by Gasteiger charge is -2.14. The average molecular weight is 375 g/mol. The number of thioether (sulfide) groups is 1. The van der Waals surface area contributed by atoms with Crippen LogP contribution in [0.4, 0.5) is 5.69 Å². The molecule has 0 aliphatic carbocycles. The molecule has 1 aromatic heterocycles. The minimum absolute atomic E-state index is 0.289. The van der Waals surface area contributed by atoms with Crippen molar-refractivity contribution >= 4 is 35.0 Å². The summed E-state index contributed by atoms with van der Waals surface area (Å²) < 4.78 is 16.4. The van der Waals surface area contributed by atoms with E-state index in [2.05, 4.69) is 15.1 Å². The Morgan fingerprint density at radius 2 is 2.04 bits per heavy atom. The quantitative estimate of drug-likeness (QED) is 0.588. The maximum absolute atomic E-state index is 12.4. The third kappa shape index (κ3) is 3.85. The maximum atomic E-state index is 12.4. The summed E-state index contributed by atoms with van der Waals surface area (Å²) in [4.78, 5) is 23.9. The fourth-order valence-electron chi connectivity index (χ4n) is 1.87. The number of H-pyrrole nitrogens is 1. The van der Waals surface area contributed by atoms with Gasteiger partial charge in [-0.25, -0.2) is 4.79 Å². The van der Waals surface area contributed by atoms with Gasteiger partial charge < -0.3 is 14.8 Å². The molecule has 1 atom stereocenters. The SMILES string of the molecule is COc1cc(OC)c(NC(=O)C(C)Sc2c(=O)o[nH][n+]2C)cc1Cl. The van der Waals surface area contributed by atoms with E-state index in [4.69, 9.17) is 21.1 Å². The summed E-state index contributed by atoms with van der Waals surface area (Å²) in [6, 6.07) is 3.12. The number of hydrogen-bond acceptors (Lipinski definition) is 6. The molecule has 8 nitrogen and oxygen atoms in total. The minimum atomic E-state index is -0.555. The number of halogens is 1. The number of nitrogens with zero attached hydrogens (tertiary/aromatic N) is 1. The third-order valence-electron chi connectivity index (χ3n) is 3.14. The van der Waals surface area contributed by atoms with Gasteiger partial charge in [0.05, 0.1) is 30.2 Å². The number of nitrogens with one attached hydrogen (secondary N) is 2.